The van der Waals surface area contributed by atoms with E-state index in [9.17, 15) is 4.79 Å². The van der Waals surface area contributed by atoms with Crippen LogP contribution in [0.4, 0.5) is 0 Å². The Labute approximate surface area is 61.8 Å². The van der Waals surface area contributed by atoms with Gasteiger partial charge in [0.15, 0.2) is 0 Å². The van der Waals surface area contributed by atoms with Crippen LogP contribution >= 0.6 is 0 Å². The monoisotopic (exact) mass is 183 g/mol. The standard InChI is InChI=1S/C6H6AsNO/c7-6(9)5-1-3-8-4-2-5/h1-4H,7H2. The third kappa shape index (κ3) is 1.65. The Kier molecular flexibility index (Phi) is 2.01. The van der Waals surface area contributed by atoms with Gasteiger partial charge in [-0.25, -0.2) is 0 Å². The van der Waals surface area contributed by atoms with Gasteiger partial charge < -0.3 is 0 Å². The van der Waals surface area contributed by atoms with E-state index in [0.717, 1.165) is 22.4 Å². The van der Waals surface area contributed by atoms with E-state index in [4.69, 9.17) is 0 Å². The van der Waals surface area contributed by atoms with Gasteiger partial charge in [-0.05, 0) is 0 Å². The summed E-state index contributed by atoms with van der Waals surface area (Å²) >= 11 is 1.11. The maximum absolute atomic E-state index is 10.6. The summed E-state index contributed by atoms with van der Waals surface area (Å²) in [6, 6.07) is 3.42. The predicted octanol–water partition coefficient (Wildman–Crippen LogP) is -0.145. The second kappa shape index (κ2) is 2.79. The zero-order valence-corrected chi connectivity index (χ0v) is 7.16. The first-order valence-electron chi connectivity index (χ1n) is 2.50. The molecule has 3 heteroatoms. The summed E-state index contributed by atoms with van der Waals surface area (Å²) in [6.45, 7) is 0. The van der Waals surface area contributed by atoms with E-state index in [2.05, 4.69) is 4.98 Å². The molecule has 9 heavy (non-hydrogen) atoms. The summed E-state index contributed by atoms with van der Waals surface area (Å²) in [7, 11) is 0. The van der Waals surface area contributed by atoms with E-state index in [-0.39, 0.29) is 4.57 Å². The molecule has 0 radical (unpaired) electrons. The second-order valence-corrected chi connectivity index (χ2v) is 2.70. The molecule has 0 amide bonds. The van der Waals surface area contributed by atoms with Crippen molar-refractivity contribution >= 4 is 21.4 Å². The fraction of sp³-hybridized carbons (Fsp3) is 0. The van der Waals surface area contributed by atoms with Crippen molar-refractivity contribution < 1.29 is 4.79 Å². The average molecular weight is 183 g/mol. The van der Waals surface area contributed by atoms with Gasteiger partial charge in [0.1, 0.15) is 0 Å². The number of hydrogen-bond donors (Lipinski definition) is 0. The fourth-order valence-corrected chi connectivity index (χ4v) is 0.920. The van der Waals surface area contributed by atoms with Gasteiger partial charge in [-0.2, -0.15) is 0 Å². The molecule has 0 N–H and O–H groups in total. The van der Waals surface area contributed by atoms with Gasteiger partial charge in [0.2, 0.25) is 0 Å². The van der Waals surface area contributed by atoms with E-state index >= 15 is 0 Å². The van der Waals surface area contributed by atoms with Gasteiger partial charge in [0.25, 0.3) is 0 Å². The number of pyridine rings is 1. The van der Waals surface area contributed by atoms with E-state index in [1.807, 2.05) is 0 Å². The minimum atomic E-state index is 0.143. The first-order chi connectivity index (χ1) is 4.30. The zero-order chi connectivity index (χ0) is 6.69. The Morgan fingerprint density at radius 1 is 1.44 bits per heavy atom. The van der Waals surface area contributed by atoms with Crippen LogP contribution in [0.1, 0.15) is 10.4 Å². The molecule has 1 heterocycles. The molecule has 0 aliphatic carbocycles. The number of aromatic nitrogens is 1. The van der Waals surface area contributed by atoms with Crippen LogP contribution in [0.2, 0.25) is 0 Å². The van der Waals surface area contributed by atoms with Crippen molar-refractivity contribution in [1.82, 2.24) is 4.98 Å². The van der Waals surface area contributed by atoms with Crippen LogP contribution in [-0.4, -0.2) is 26.4 Å². The molecule has 0 saturated heterocycles. The molecule has 46 valence electrons. The molecule has 0 spiro atoms. The summed E-state index contributed by atoms with van der Waals surface area (Å²) < 4.78 is 0.143. The molecule has 1 atom stereocenters. The Bertz CT molecular complexity index is 210. The van der Waals surface area contributed by atoms with Crippen molar-refractivity contribution in [3.8, 4) is 0 Å². The summed E-state index contributed by atoms with van der Waals surface area (Å²) in [6.07, 6.45) is 3.24. The molecule has 1 aromatic rings. The van der Waals surface area contributed by atoms with Crippen molar-refractivity contribution in [3.05, 3.63) is 30.1 Å². The molecule has 1 rings (SSSR count). The molecule has 0 bridgehead atoms. The van der Waals surface area contributed by atoms with Crippen molar-refractivity contribution in [2.45, 2.75) is 0 Å². The number of carbonyl (C=O) groups is 1. The van der Waals surface area contributed by atoms with Crippen LogP contribution in [0.5, 0.6) is 0 Å². The maximum atomic E-state index is 10.6. The zero-order valence-electron chi connectivity index (χ0n) is 4.74. The topological polar surface area (TPSA) is 30.0 Å². The van der Waals surface area contributed by atoms with Crippen LogP contribution in [-0.2, 0) is 0 Å². The Morgan fingerprint density at radius 2 is 2.00 bits per heavy atom. The summed E-state index contributed by atoms with van der Waals surface area (Å²) in [5.41, 5.74) is 0.741. The van der Waals surface area contributed by atoms with Crippen LogP contribution < -0.4 is 0 Å². The van der Waals surface area contributed by atoms with Crippen LogP contribution in [0, 0.1) is 0 Å². The van der Waals surface area contributed by atoms with Crippen molar-refractivity contribution in [2.75, 3.05) is 0 Å². The molecule has 1 aromatic heterocycles. The van der Waals surface area contributed by atoms with Crippen LogP contribution in [0.25, 0.3) is 0 Å². The van der Waals surface area contributed by atoms with E-state index < -0.39 is 0 Å². The number of rotatable bonds is 1. The number of hydrogen-bond acceptors (Lipinski definition) is 2. The molecule has 0 saturated carbocycles. The SMILES string of the molecule is O=C([AsH2])c1ccncc1. The van der Waals surface area contributed by atoms with Crippen molar-refractivity contribution in [1.29, 1.82) is 0 Å². The molecular formula is C6H6AsNO. The number of nitrogens with zero attached hydrogens (tertiary/aromatic N) is 1. The van der Waals surface area contributed by atoms with E-state index in [0.29, 0.717) is 0 Å². The molecule has 1 unspecified atom stereocenters. The second-order valence-electron chi connectivity index (χ2n) is 1.60. The Hall–Kier alpha value is -0.622. The van der Waals surface area contributed by atoms with Gasteiger partial charge in [-0.1, -0.05) is 0 Å². The van der Waals surface area contributed by atoms with E-state index in [1.54, 1.807) is 24.5 Å². The minimum absolute atomic E-state index is 0.143. The molecule has 0 fully saturated rings. The van der Waals surface area contributed by atoms with Gasteiger partial charge in [-0.3, -0.25) is 0 Å². The van der Waals surface area contributed by atoms with Gasteiger partial charge in [0.05, 0.1) is 0 Å². The molecule has 0 aromatic carbocycles. The third-order valence-electron chi connectivity index (χ3n) is 0.965. The Morgan fingerprint density at radius 3 is 2.33 bits per heavy atom. The van der Waals surface area contributed by atoms with Gasteiger partial charge in [-0.15, -0.1) is 0 Å². The Balaban J connectivity index is 2.98. The summed E-state index contributed by atoms with van der Waals surface area (Å²) in [5.74, 6) is 0. The van der Waals surface area contributed by atoms with Crippen molar-refractivity contribution in [3.63, 3.8) is 0 Å². The molecular weight excluding hydrogens is 177 g/mol. The quantitative estimate of drug-likeness (QED) is 0.567. The van der Waals surface area contributed by atoms with Gasteiger partial charge >= 0.3 is 61.3 Å². The van der Waals surface area contributed by atoms with E-state index in [1.165, 1.54) is 0 Å². The normalized spacial score (nSPS) is 9.00. The van der Waals surface area contributed by atoms with Crippen LogP contribution in [0.3, 0.4) is 0 Å². The summed E-state index contributed by atoms with van der Waals surface area (Å²) in [4.78, 5) is 14.4. The molecule has 0 aliphatic rings. The summed E-state index contributed by atoms with van der Waals surface area (Å²) in [5, 5.41) is 0. The van der Waals surface area contributed by atoms with Crippen LogP contribution in [0.15, 0.2) is 24.5 Å². The first-order valence-corrected chi connectivity index (χ1v) is 3.71. The average Bonchev–Trinajstić information content (AvgIpc) is 1.90. The molecule has 0 aliphatic heterocycles. The van der Waals surface area contributed by atoms with Gasteiger partial charge in [0, 0.05) is 0 Å². The predicted molar refractivity (Wildman–Crippen MR) is 37.1 cm³/mol. The number of carbonyl (C=O) groups excluding carboxylic acids is 1. The molecule has 2 nitrogen and oxygen atoms in total. The fourth-order valence-electron chi connectivity index (χ4n) is 0.516. The van der Waals surface area contributed by atoms with Crippen molar-refractivity contribution in [2.24, 2.45) is 0 Å². The third-order valence-corrected chi connectivity index (χ3v) is 1.66. The first kappa shape index (κ1) is 6.50.